The SMILES string of the molecule is O=C(CCc1c(-c2ccc(F)cc2)nc2ccccn12)Nc1ccc(F)cc1Cl. The van der Waals surface area contributed by atoms with E-state index in [4.69, 9.17) is 11.6 Å². The van der Waals surface area contributed by atoms with E-state index in [9.17, 15) is 13.6 Å². The maximum absolute atomic E-state index is 13.3. The highest BCUT2D eigenvalue weighted by Crippen LogP contribution is 2.27. The van der Waals surface area contributed by atoms with Crippen LogP contribution in [0, 0.1) is 11.6 Å². The van der Waals surface area contributed by atoms with Crippen molar-refractivity contribution < 1.29 is 13.6 Å². The van der Waals surface area contributed by atoms with Gasteiger partial charge in [-0.05, 0) is 61.0 Å². The predicted octanol–water partition coefficient (Wildman–Crippen LogP) is 5.50. The Kier molecular flexibility index (Phi) is 5.27. The molecule has 0 saturated heterocycles. The third-order valence-corrected chi connectivity index (χ3v) is 4.85. The normalized spacial score (nSPS) is 11.0. The van der Waals surface area contributed by atoms with Crippen LogP contribution in [0.3, 0.4) is 0 Å². The lowest BCUT2D eigenvalue weighted by molar-refractivity contribution is -0.116. The van der Waals surface area contributed by atoms with E-state index in [0.29, 0.717) is 17.8 Å². The number of benzene rings is 2. The highest BCUT2D eigenvalue weighted by Gasteiger charge is 2.16. The van der Waals surface area contributed by atoms with Gasteiger partial charge in [-0.15, -0.1) is 0 Å². The van der Waals surface area contributed by atoms with Gasteiger partial charge in [-0.1, -0.05) is 17.7 Å². The molecule has 0 fully saturated rings. The molecule has 1 amide bonds. The van der Waals surface area contributed by atoms with Gasteiger partial charge in [-0.3, -0.25) is 4.79 Å². The summed E-state index contributed by atoms with van der Waals surface area (Å²) >= 11 is 5.97. The van der Waals surface area contributed by atoms with Crippen molar-refractivity contribution in [1.29, 1.82) is 0 Å². The standard InChI is InChI=1S/C22H16ClF2N3O/c23-17-13-16(25)8-9-18(17)26-21(29)11-10-19-22(14-4-6-15(24)7-5-14)27-20-3-1-2-12-28(19)20/h1-9,12-13H,10-11H2,(H,26,29). The first-order chi connectivity index (χ1) is 14.0. The number of imidazole rings is 1. The summed E-state index contributed by atoms with van der Waals surface area (Å²) in [6.45, 7) is 0. The van der Waals surface area contributed by atoms with Crippen LogP contribution in [0.15, 0.2) is 66.9 Å². The molecule has 0 aliphatic carbocycles. The van der Waals surface area contributed by atoms with Crippen LogP contribution in [0.5, 0.6) is 0 Å². The number of fused-ring (bicyclic) bond motifs is 1. The molecular weight excluding hydrogens is 396 g/mol. The molecule has 7 heteroatoms. The number of hydrogen-bond donors (Lipinski definition) is 1. The summed E-state index contributed by atoms with van der Waals surface area (Å²) < 4.78 is 28.4. The fourth-order valence-corrected chi connectivity index (χ4v) is 3.37. The lowest BCUT2D eigenvalue weighted by Crippen LogP contribution is -2.13. The van der Waals surface area contributed by atoms with Gasteiger partial charge in [-0.2, -0.15) is 0 Å². The van der Waals surface area contributed by atoms with Crippen molar-refractivity contribution in [3.8, 4) is 11.3 Å². The number of rotatable bonds is 5. The number of anilines is 1. The van der Waals surface area contributed by atoms with Gasteiger partial charge in [0.05, 0.1) is 22.1 Å². The zero-order valence-corrected chi connectivity index (χ0v) is 16.0. The maximum atomic E-state index is 13.3. The van der Waals surface area contributed by atoms with Crippen molar-refractivity contribution in [1.82, 2.24) is 9.38 Å². The van der Waals surface area contributed by atoms with E-state index in [2.05, 4.69) is 10.3 Å². The van der Waals surface area contributed by atoms with Crippen molar-refractivity contribution in [3.05, 3.63) is 89.2 Å². The Balaban J connectivity index is 1.59. The largest absolute Gasteiger partial charge is 0.325 e. The maximum Gasteiger partial charge on any atom is 0.224 e. The van der Waals surface area contributed by atoms with E-state index < -0.39 is 5.82 Å². The van der Waals surface area contributed by atoms with Crippen LogP contribution < -0.4 is 5.32 Å². The monoisotopic (exact) mass is 411 g/mol. The Labute approximate surface area is 170 Å². The Morgan fingerprint density at radius 3 is 2.55 bits per heavy atom. The lowest BCUT2D eigenvalue weighted by atomic mass is 10.1. The van der Waals surface area contributed by atoms with Crippen LogP contribution in [0.2, 0.25) is 5.02 Å². The Hall–Kier alpha value is -3.25. The first-order valence-corrected chi connectivity index (χ1v) is 9.36. The van der Waals surface area contributed by atoms with Gasteiger partial charge in [0.1, 0.15) is 17.3 Å². The van der Waals surface area contributed by atoms with E-state index in [0.717, 1.165) is 23.0 Å². The molecule has 0 aliphatic heterocycles. The number of carbonyl (C=O) groups is 1. The zero-order chi connectivity index (χ0) is 20.4. The van der Waals surface area contributed by atoms with E-state index in [1.807, 2.05) is 28.8 Å². The Morgan fingerprint density at radius 1 is 1.03 bits per heavy atom. The minimum atomic E-state index is -0.470. The average molecular weight is 412 g/mol. The molecule has 2 heterocycles. The molecule has 0 radical (unpaired) electrons. The van der Waals surface area contributed by atoms with E-state index >= 15 is 0 Å². The van der Waals surface area contributed by atoms with Gasteiger partial charge >= 0.3 is 0 Å². The highest BCUT2D eigenvalue weighted by molar-refractivity contribution is 6.33. The van der Waals surface area contributed by atoms with Crippen LogP contribution in [-0.2, 0) is 11.2 Å². The number of nitrogens with one attached hydrogen (secondary N) is 1. The number of carbonyl (C=O) groups excluding carboxylic acids is 1. The summed E-state index contributed by atoms with van der Waals surface area (Å²) in [5.74, 6) is -1.05. The van der Waals surface area contributed by atoms with Crippen molar-refractivity contribution >= 4 is 28.8 Å². The Bertz CT molecular complexity index is 1190. The first kappa shape index (κ1) is 19.1. The number of aryl methyl sites for hydroxylation is 1. The summed E-state index contributed by atoms with van der Waals surface area (Å²) in [6, 6.07) is 15.5. The van der Waals surface area contributed by atoms with Crippen LogP contribution in [0.4, 0.5) is 14.5 Å². The fourth-order valence-electron chi connectivity index (χ4n) is 3.16. The molecule has 4 aromatic rings. The summed E-state index contributed by atoms with van der Waals surface area (Å²) in [6.07, 6.45) is 2.45. The van der Waals surface area contributed by atoms with Gasteiger partial charge in [0, 0.05) is 18.2 Å². The summed E-state index contributed by atoms with van der Waals surface area (Å²) in [5, 5.41) is 2.84. The number of aromatic nitrogens is 2. The van der Waals surface area contributed by atoms with E-state index in [-0.39, 0.29) is 23.2 Å². The molecule has 4 nitrogen and oxygen atoms in total. The smallest absolute Gasteiger partial charge is 0.224 e. The molecule has 2 aromatic carbocycles. The molecular formula is C22H16ClF2N3O. The molecule has 2 aromatic heterocycles. The van der Waals surface area contributed by atoms with Crippen molar-refractivity contribution in [2.45, 2.75) is 12.8 Å². The zero-order valence-electron chi connectivity index (χ0n) is 15.2. The number of nitrogens with zero attached hydrogens (tertiary/aromatic N) is 2. The van der Waals surface area contributed by atoms with Crippen LogP contribution >= 0.6 is 11.6 Å². The molecule has 29 heavy (non-hydrogen) atoms. The Morgan fingerprint density at radius 2 is 1.79 bits per heavy atom. The fraction of sp³-hybridized carbons (Fsp3) is 0.0909. The molecule has 0 spiro atoms. The van der Waals surface area contributed by atoms with E-state index in [1.54, 1.807) is 12.1 Å². The molecule has 0 unspecified atom stereocenters. The van der Waals surface area contributed by atoms with Gasteiger partial charge in [0.25, 0.3) is 0 Å². The second-order valence-electron chi connectivity index (χ2n) is 6.52. The lowest BCUT2D eigenvalue weighted by Gasteiger charge is -2.08. The summed E-state index contributed by atoms with van der Waals surface area (Å²) in [7, 11) is 0. The molecule has 4 rings (SSSR count). The van der Waals surface area contributed by atoms with Crippen molar-refractivity contribution in [3.63, 3.8) is 0 Å². The number of amides is 1. The molecule has 146 valence electrons. The van der Waals surface area contributed by atoms with Gasteiger partial charge < -0.3 is 9.72 Å². The third-order valence-electron chi connectivity index (χ3n) is 4.54. The molecule has 0 atom stereocenters. The van der Waals surface area contributed by atoms with Gasteiger partial charge in [-0.25, -0.2) is 13.8 Å². The topological polar surface area (TPSA) is 46.4 Å². The molecule has 0 saturated carbocycles. The number of hydrogen-bond acceptors (Lipinski definition) is 2. The van der Waals surface area contributed by atoms with Crippen LogP contribution in [-0.4, -0.2) is 15.3 Å². The summed E-state index contributed by atoms with van der Waals surface area (Å²) in [4.78, 5) is 17.1. The minimum Gasteiger partial charge on any atom is -0.325 e. The molecule has 0 bridgehead atoms. The van der Waals surface area contributed by atoms with Gasteiger partial charge in [0.2, 0.25) is 5.91 Å². The second-order valence-corrected chi connectivity index (χ2v) is 6.92. The molecule has 0 aliphatic rings. The quantitative estimate of drug-likeness (QED) is 0.471. The van der Waals surface area contributed by atoms with Gasteiger partial charge in [0.15, 0.2) is 0 Å². The molecule has 1 N–H and O–H groups in total. The highest BCUT2D eigenvalue weighted by atomic mass is 35.5. The van der Waals surface area contributed by atoms with Crippen molar-refractivity contribution in [2.75, 3.05) is 5.32 Å². The van der Waals surface area contributed by atoms with Crippen LogP contribution in [0.25, 0.3) is 16.9 Å². The number of pyridine rings is 1. The third kappa shape index (κ3) is 4.12. The predicted molar refractivity (Wildman–Crippen MR) is 109 cm³/mol. The number of halogens is 3. The second kappa shape index (κ2) is 8.01. The average Bonchev–Trinajstić information content (AvgIpc) is 3.08. The van der Waals surface area contributed by atoms with Crippen LogP contribution in [0.1, 0.15) is 12.1 Å². The summed E-state index contributed by atoms with van der Waals surface area (Å²) in [5.41, 5.74) is 3.40. The van der Waals surface area contributed by atoms with Crippen molar-refractivity contribution in [2.24, 2.45) is 0 Å². The van der Waals surface area contributed by atoms with E-state index in [1.165, 1.54) is 24.3 Å². The first-order valence-electron chi connectivity index (χ1n) is 8.98. The minimum absolute atomic E-state index is 0.139.